The standard InChI is InChI=1S/C23H24N4O4S/c1-14(20-24-16-6-4-5-7-19(16)32-20)26(3)13-27-21(28)23(2,25-22(27)29)15-8-9-17-18(12-15)31-11-10-30-17/h4-9,12,14H,10-11,13H2,1-3H3,(H,25,29)/t14-,23+/m1/s1. The molecule has 0 unspecified atom stereocenters. The fraction of sp³-hybridized carbons (Fsp3) is 0.348. The lowest BCUT2D eigenvalue weighted by atomic mass is 9.91. The molecule has 2 aliphatic heterocycles. The minimum atomic E-state index is -1.17. The van der Waals surface area contributed by atoms with Gasteiger partial charge in [-0.2, -0.15) is 0 Å². The summed E-state index contributed by atoms with van der Waals surface area (Å²) in [6.07, 6.45) is 0. The molecule has 1 fully saturated rings. The Balaban J connectivity index is 1.35. The van der Waals surface area contributed by atoms with Crippen molar-refractivity contribution < 1.29 is 19.1 Å². The van der Waals surface area contributed by atoms with Crippen LogP contribution >= 0.6 is 11.3 Å². The number of amides is 3. The van der Waals surface area contributed by atoms with Crippen molar-refractivity contribution >= 4 is 33.5 Å². The smallest absolute Gasteiger partial charge is 0.326 e. The number of nitrogens with one attached hydrogen (secondary N) is 1. The van der Waals surface area contributed by atoms with E-state index in [4.69, 9.17) is 14.5 Å². The molecule has 2 aromatic carbocycles. The average Bonchev–Trinajstić information content (AvgIpc) is 3.33. The summed E-state index contributed by atoms with van der Waals surface area (Å²) in [6.45, 7) is 4.84. The summed E-state index contributed by atoms with van der Waals surface area (Å²) in [5, 5.41) is 3.80. The fourth-order valence-electron chi connectivity index (χ4n) is 3.98. The lowest BCUT2D eigenvalue weighted by Crippen LogP contribution is -2.43. The highest BCUT2D eigenvalue weighted by Gasteiger charge is 2.49. The first-order valence-corrected chi connectivity index (χ1v) is 11.3. The van der Waals surface area contributed by atoms with Crippen LogP contribution in [0.5, 0.6) is 11.5 Å². The number of carbonyl (C=O) groups is 2. The van der Waals surface area contributed by atoms with Crippen LogP contribution in [0.1, 0.15) is 30.5 Å². The van der Waals surface area contributed by atoms with E-state index in [1.54, 1.807) is 36.5 Å². The van der Waals surface area contributed by atoms with Gasteiger partial charge < -0.3 is 14.8 Å². The van der Waals surface area contributed by atoms with Gasteiger partial charge in [-0.25, -0.2) is 14.7 Å². The number of urea groups is 1. The number of imide groups is 1. The molecular formula is C23H24N4O4S. The zero-order valence-corrected chi connectivity index (χ0v) is 18.9. The van der Waals surface area contributed by atoms with Gasteiger partial charge in [0, 0.05) is 0 Å². The predicted octanol–water partition coefficient (Wildman–Crippen LogP) is 3.49. The number of para-hydroxylation sites is 1. The van der Waals surface area contributed by atoms with E-state index in [1.165, 1.54) is 4.90 Å². The van der Waals surface area contributed by atoms with Crippen LogP contribution < -0.4 is 14.8 Å². The van der Waals surface area contributed by atoms with Crippen LogP contribution in [0, 0.1) is 0 Å². The highest BCUT2D eigenvalue weighted by Crippen LogP contribution is 2.37. The Kier molecular flexibility index (Phi) is 5.02. The molecule has 3 heterocycles. The molecule has 0 spiro atoms. The number of hydrogen-bond acceptors (Lipinski definition) is 7. The predicted molar refractivity (Wildman–Crippen MR) is 121 cm³/mol. The molecule has 0 saturated carbocycles. The van der Waals surface area contributed by atoms with Crippen molar-refractivity contribution in [3.63, 3.8) is 0 Å². The molecule has 2 atom stereocenters. The number of hydrogen-bond donors (Lipinski definition) is 1. The van der Waals surface area contributed by atoms with E-state index >= 15 is 0 Å². The second kappa shape index (κ2) is 7.75. The number of ether oxygens (including phenoxy) is 2. The van der Waals surface area contributed by atoms with Crippen molar-refractivity contribution in [3.8, 4) is 11.5 Å². The summed E-state index contributed by atoms with van der Waals surface area (Å²) >= 11 is 1.62. The van der Waals surface area contributed by atoms with E-state index in [-0.39, 0.29) is 18.6 Å². The van der Waals surface area contributed by atoms with E-state index in [0.29, 0.717) is 30.3 Å². The largest absolute Gasteiger partial charge is 0.486 e. The summed E-state index contributed by atoms with van der Waals surface area (Å²) in [6, 6.07) is 12.8. The third kappa shape index (κ3) is 3.37. The van der Waals surface area contributed by atoms with Crippen molar-refractivity contribution in [2.75, 3.05) is 26.9 Å². The minimum Gasteiger partial charge on any atom is -0.486 e. The first-order valence-electron chi connectivity index (χ1n) is 10.5. The number of rotatable bonds is 5. The minimum absolute atomic E-state index is 0.0610. The van der Waals surface area contributed by atoms with Gasteiger partial charge in [0.1, 0.15) is 23.8 Å². The maximum Gasteiger partial charge on any atom is 0.326 e. The molecule has 32 heavy (non-hydrogen) atoms. The molecule has 3 aromatic rings. The van der Waals surface area contributed by atoms with Crippen LogP contribution in [0.3, 0.4) is 0 Å². The molecule has 2 aliphatic rings. The van der Waals surface area contributed by atoms with Crippen LogP contribution in [0.2, 0.25) is 0 Å². The van der Waals surface area contributed by atoms with Gasteiger partial charge in [-0.15, -0.1) is 11.3 Å². The number of nitrogens with zero attached hydrogens (tertiary/aromatic N) is 3. The molecule has 0 radical (unpaired) electrons. The van der Waals surface area contributed by atoms with Crippen molar-refractivity contribution in [3.05, 3.63) is 53.0 Å². The van der Waals surface area contributed by atoms with Gasteiger partial charge in [0.2, 0.25) is 0 Å². The van der Waals surface area contributed by atoms with Gasteiger partial charge in [-0.1, -0.05) is 18.2 Å². The second-order valence-corrected chi connectivity index (χ2v) is 9.30. The summed E-state index contributed by atoms with van der Waals surface area (Å²) in [5.41, 5.74) is 0.436. The molecular weight excluding hydrogens is 428 g/mol. The normalized spacial score (nSPS) is 21.3. The average molecular weight is 453 g/mol. The molecule has 9 heteroatoms. The SMILES string of the molecule is C[C@H](c1nc2ccccc2s1)N(C)CN1C(=O)N[C@@](C)(c2ccc3c(c2)OCCO3)C1=O. The Bertz CT molecular complexity index is 1180. The molecule has 1 N–H and O–H groups in total. The Hall–Kier alpha value is -3.17. The number of carbonyl (C=O) groups excluding carboxylic acids is 2. The molecule has 0 bridgehead atoms. The van der Waals surface area contributed by atoms with Gasteiger partial charge >= 0.3 is 6.03 Å². The molecule has 1 saturated heterocycles. The molecule has 3 amide bonds. The Morgan fingerprint density at radius 1 is 1.19 bits per heavy atom. The highest BCUT2D eigenvalue weighted by molar-refractivity contribution is 7.18. The van der Waals surface area contributed by atoms with Crippen molar-refractivity contribution in [2.45, 2.75) is 25.4 Å². The maximum absolute atomic E-state index is 13.4. The van der Waals surface area contributed by atoms with Crippen LogP contribution in [-0.2, 0) is 10.3 Å². The summed E-state index contributed by atoms with van der Waals surface area (Å²) in [7, 11) is 1.89. The molecule has 166 valence electrons. The van der Waals surface area contributed by atoms with Crippen LogP contribution in [-0.4, -0.2) is 53.7 Å². The molecule has 0 aliphatic carbocycles. The van der Waals surface area contributed by atoms with Gasteiger partial charge in [0.25, 0.3) is 5.91 Å². The van der Waals surface area contributed by atoms with Crippen molar-refractivity contribution in [1.29, 1.82) is 0 Å². The lowest BCUT2D eigenvalue weighted by Gasteiger charge is -2.28. The Morgan fingerprint density at radius 2 is 1.94 bits per heavy atom. The first-order chi connectivity index (χ1) is 15.4. The summed E-state index contributed by atoms with van der Waals surface area (Å²) in [5.74, 6) is 0.918. The Morgan fingerprint density at radius 3 is 2.72 bits per heavy atom. The monoisotopic (exact) mass is 452 g/mol. The van der Waals surface area contributed by atoms with E-state index in [9.17, 15) is 9.59 Å². The molecule has 5 rings (SSSR count). The van der Waals surface area contributed by atoms with Crippen molar-refractivity contribution in [1.82, 2.24) is 20.1 Å². The van der Waals surface area contributed by atoms with E-state index in [2.05, 4.69) is 5.32 Å². The highest BCUT2D eigenvalue weighted by atomic mass is 32.1. The summed E-state index contributed by atoms with van der Waals surface area (Å²) < 4.78 is 12.3. The van der Waals surface area contributed by atoms with Crippen LogP contribution in [0.25, 0.3) is 10.2 Å². The number of benzene rings is 2. The van der Waals surface area contributed by atoms with E-state index in [1.807, 2.05) is 43.1 Å². The Labute approximate surface area is 189 Å². The third-order valence-electron chi connectivity index (χ3n) is 6.09. The number of aromatic nitrogens is 1. The topological polar surface area (TPSA) is 84.0 Å². The van der Waals surface area contributed by atoms with Gasteiger partial charge in [0.15, 0.2) is 11.5 Å². The zero-order chi connectivity index (χ0) is 22.5. The van der Waals surface area contributed by atoms with Crippen LogP contribution in [0.15, 0.2) is 42.5 Å². The van der Waals surface area contributed by atoms with E-state index < -0.39 is 11.6 Å². The molecule has 8 nitrogen and oxygen atoms in total. The first kappa shape index (κ1) is 20.7. The fourth-order valence-corrected chi connectivity index (χ4v) is 5.06. The van der Waals surface area contributed by atoms with Crippen molar-refractivity contribution in [2.24, 2.45) is 0 Å². The lowest BCUT2D eigenvalue weighted by molar-refractivity contribution is -0.132. The van der Waals surface area contributed by atoms with Crippen LogP contribution in [0.4, 0.5) is 4.79 Å². The van der Waals surface area contributed by atoms with Gasteiger partial charge in [-0.3, -0.25) is 9.69 Å². The molecule has 1 aromatic heterocycles. The zero-order valence-electron chi connectivity index (χ0n) is 18.1. The maximum atomic E-state index is 13.4. The third-order valence-corrected chi connectivity index (χ3v) is 7.29. The summed E-state index contributed by atoms with van der Waals surface area (Å²) in [4.78, 5) is 34.1. The van der Waals surface area contributed by atoms with Gasteiger partial charge in [0.05, 0.1) is 22.9 Å². The second-order valence-electron chi connectivity index (χ2n) is 8.24. The number of fused-ring (bicyclic) bond motifs is 2. The van der Waals surface area contributed by atoms with E-state index in [0.717, 1.165) is 15.2 Å². The van der Waals surface area contributed by atoms with Gasteiger partial charge in [-0.05, 0) is 50.7 Å². The number of thiazole rings is 1. The quantitative estimate of drug-likeness (QED) is 0.597.